The number of nitrogens with two attached hydrogens (primary N) is 1. The minimum atomic E-state index is -0.230. The molecule has 0 atom stereocenters. The molecule has 1 aliphatic rings. The van der Waals surface area contributed by atoms with Crippen LogP contribution < -0.4 is 11.2 Å². The standard InChI is InChI=1S/C18H18N6OS/c1-11-4-7-15(26-11)18-20-10-13(3-2-8-25)17(22-18)21-16-9-14(12-5-6-12)23-24(16)19/h4,7,9-10,12,25H,5-6,8,19H2,1H3,(H,20,21,22). The number of thiophene rings is 1. The van der Waals surface area contributed by atoms with Gasteiger partial charge in [0.1, 0.15) is 6.61 Å². The minimum Gasteiger partial charge on any atom is -0.384 e. The second kappa shape index (κ2) is 6.78. The van der Waals surface area contributed by atoms with Crippen LogP contribution in [0.1, 0.15) is 34.9 Å². The summed E-state index contributed by atoms with van der Waals surface area (Å²) in [6.45, 7) is 1.81. The second-order valence-electron chi connectivity index (χ2n) is 6.12. The molecule has 0 unspecified atom stereocenters. The molecular formula is C18H18N6OS. The topological polar surface area (TPSA) is 102 Å². The average Bonchev–Trinajstić information content (AvgIpc) is 3.30. The van der Waals surface area contributed by atoms with Crippen molar-refractivity contribution >= 4 is 23.0 Å². The molecule has 0 bridgehead atoms. The van der Waals surface area contributed by atoms with Crippen molar-refractivity contribution in [1.82, 2.24) is 19.9 Å². The zero-order chi connectivity index (χ0) is 18.1. The van der Waals surface area contributed by atoms with Gasteiger partial charge in [0, 0.05) is 23.1 Å². The van der Waals surface area contributed by atoms with Gasteiger partial charge in [0.15, 0.2) is 17.5 Å². The van der Waals surface area contributed by atoms with Crippen LogP contribution in [-0.2, 0) is 0 Å². The van der Waals surface area contributed by atoms with Gasteiger partial charge in [-0.3, -0.25) is 0 Å². The third-order valence-corrected chi connectivity index (χ3v) is 5.04. The summed E-state index contributed by atoms with van der Waals surface area (Å²) in [6, 6.07) is 5.97. The summed E-state index contributed by atoms with van der Waals surface area (Å²) in [7, 11) is 0. The Hall–Kier alpha value is -2.89. The summed E-state index contributed by atoms with van der Waals surface area (Å²) < 4.78 is 0. The SMILES string of the molecule is Cc1ccc(-c2ncc(C#CCO)c(Nc3cc(C4CC4)nn3N)n2)s1. The fourth-order valence-electron chi connectivity index (χ4n) is 2.58. The second-order valence-corrected chi connectivity index (χ2v) is 7.41. The molecule has 1 aliphatic carbocycles. The van der Waals surface area contributed by atoms with Gasteiger partial charge in [0.25, 0.3) is 0 Å². The van der Waals surface area contributed by atoms with Crippen LogP contribution in [0.25, 0.3) is 10.7 Å². The molecule has 26 heavy (non-hydrogen) atoms. The van der Waals surface area contributed by atoms with Gasteiger partial charge in [0.05, 0.1) is 16.1 Å². The van der Waals surface area contributed by atoms with Crippen molar-refractivity contribution in [2.45, 2.75) is 25.7 Å². The van der Waals surface area contributed by atoms with Gasteiger partial charge in [-0.05, 0) is 31.9 Å². The zero-order valence-electron chi connectivity index (χ0n) is 14.2. The lowest BCUT2D eigenvalue weighted by molar-refractivity contribution is 0.350. The summed E-state index contributed by atoms with van der Waals surface area (Å²) in [6.07, 6.45) is 3.96. The number of aliphatic hydroxyl groups excluding tert-OH is 1. The first kappa shape index (κ1) is 16.6. The Kier molecular flexibility index (Phi) is 4.32. The highest BCUT2D eigenvalue weighted by atomic mass is 32.1. The lowest BCUT2D eigenvalue weighted by Crippen LogP contribution is -2.14. The molecule has 4 rings (SSSR count). The Morgan fingerprint density at radius 2 is 2.27 bits per heavy atom. The number of aliphatic hydroxyl groups is 1. The monoisotopic (exact) mass is 366 g/mol. The molecule has 1 fully saturated rings. The van der Waals surface area contributed by atoms with Gasteiger partial charge >= 0.3 is 0 Å². The largest absolute Gasteiger partial charge is 0.384 e. The third-order valence-electron chi connectivity index (χ3n) is 4.05. The van der Waals surface area contributed by atoms with Crippen LogP contribution in [0.2, 0.25) is 0 Å². The van der Waals surface area contributed by atoms with E-state index in [1.807, 2.05) is 25.1 Å². The van der Waals surface area contributed by atoms with Crippen molar-refractivity contribution in [2.24, 2.45) is 0 Å². The van der Waals surface area contributed by atoms with Gasteiger partial charge in [-0.15, -0.1) is 11.3 Å². The highest BCUT2D eigenvalue weighted by molar-refractivity contribution is 7.15. The zero-order valence-corrected chi connectivity index (χ0v) is 15.0. The number of hydrogen-bond donors (Lipinski definition) is 3. The molecule has 3 heterocycles. The molecule has 0 saturated heterocycles. The first-order valence-electron chi connectivity index (χ1n) is 8.29. The fourth-order valence-corrected chi connectivity index (χ4v) is 3.39. The average molecular weight is 366 g/mol. The van der Waals surface area contributed by atoms with Crippen molar-refractivity contribution in [3.8, 4) is 22.5 Å². The van der Waals surface area contributed by atoms with Crippen LogP contribution in [0.3, 0.4) is 0 Å². The van der Waals surface area contributed by atoms with Crippen LogP contribution >= 0.6 is 11.3 Å². The molecule has 7 nitrogen and oxygen atoms in total. The molecule has 0 aromatic carbocycles. The number of aryl methyl sites for hydroxylation is 1. The van der Waals surface area contributed by atoms with Gasteiger partial charge < -0.3 is 16.3 Å². The van der Waals surface area contributed by atoms with Crippen molar-refractivity contribution in [1.29, 1.82) is 0 Å². The summed E-state index contributed by atoms with van der Waals surface area (Å²) in [5.74, 6) is 13.8. The van der Waals surface area contributed by atoms with Gasteiger partial charge in [-0.2, -0.15) is 9.89 Å². The molecule has 4 N–H and O–H groups in total. The predicted octanol–water partition coefficient (Wildman–Crippen LogP) is 2.39. The fraction of sp³-hybridized carbons (Fsp3) is 0.278. The van der Waals surface area contributed by atoms with E-state index >= 15 is 0 Å². The molecule has 3 aromatic rings. The highest BCUT2D eigenvalue weighted by Crippen LogP contribution is 2.40. The Morgan fingerprint density at radius 3 is 2.96 bits per heavy atom. The molecule has 3 aromatic heterocycles. The number of nitrogen functional groups attached to an aromatic ring is 1. The smallest absolute Gasteiger partial charge is 0.171 e. The quantitative estimate of drug-likeness (QED) is 0.484. The van der Waals surface area contributed by atoms with Crippen LogP contribution in [-0.4, -0.2) is 31.6 Å². The summed E-state index contributed by atoms with van der Waals surface area (Å²) in [5, 5.41) is 16.6. The van der Waals surface area contributed by atoms with E-state index in [-0.39, 0.29) is 6.61 Å². The van der Waals surface area contributed by atoms with E-state index in [1.54, 1.807) is 17.5 Å². The molecular weight excluding hydrogens is 348 g/mol. The van der Waals surface area contributed by atoms with Gasteiger partial charge in [-0.1, -0.05) is 11.8 Å². The van der Waals surface area contributed by atoms with Crippen LogP contribution in [0.4, 0.5) is 11.6 Å². The molecule has 0 amide bonds. The Balaban J connectivity index is 1.71. The van der Waals surface area contributed by atoms with E-state index in [0.29, 0.717) is 28.9 Å². The van der Waals surface area contributed by atoms with E-state index in [9.17, 15) is 0 Å². The number of nitrogens with zero attached hydrogens (tertiary/aromatic N) is 4. The molecule has 132 valence electrons. The number of aromatic nitrogens is 4. The van der Waals surface area contributed by atoms with Crippen molar-refractivity contribution < 1.29 is 5.11 Å². The molecule has 0 radical (unpaired) electrons. The third kappa shape index (κ3) is 3.40. The van der Waals surface area contributed by atoms with E-state index in [2.05, 4.69) is 32.2 Å². The maximum absolute atomic E-state index is 8.99. The first-order chi connectivity index (χ1) is 12.6. The summed E-state index contributed by atoms with van der Waals surface area (Å²) in [5.41, 5.74) is 1.58. The number of hydrogen-bond acceptors (Lipinski definition) is 7. The van der Waals surface area contributed by atoms with Crippen molar-refractivity contribution in [3.05, 3.63) is 40.5 Å². The van der Waals surface area contributed by atoms with E-state index < -0.39 is 0 Å². The van der Waals surface area contributed by atoms with Gasteiger partial charge in [-0.25, -0.2) is 9.97 Å². The maximum Gasteiger partial charge on any atom is 0.171 e. The summed E-state index contributed by atoms with van der Waals surface area (Å²) in [4.78, 5) is 12.5. The van der Waals surface area contributed by atoms with Crippen LogP contribution in [0, 0.1) is 18.8 Å². The van der Waals surface area contributed by atoms with Crippen molar-refractivity contribution in [3.63, 3.8) is 0 Å². The first-order valence-corrected chi connectivity index (χ1v) is 9.11. The molecule has 0 spiro atoms. The normalized spacial score (nSPS) is 13.3. The minimum absolute atomic E-state index is 0.230. The Bertz CT molecular complexity index is 1010. The number of nitrogens with one attached hydrogen (secondary N) is 1. The predicted molar refractivity (Wildman–Crippen MR) is 102 cm³/mol. The van der Waals surface area contributed by atoms with Crippen LogP contribution in [0.5, 0.6) is 0 Å². The molecule has 1 saturated carbocycles. The maximum atomic E-state index is 8.99. The molecule has 8 heteroatoms. The lowest BCUT2D eigenvalue weighted by Gasteiger charge is -2.08. The van der Waals surface area contributed by atoms with E-state index in [0.717, 1.165) is 23.4 Å². The van der Waals surface area contributed by atoms with Crippen molar-refractivity contribution in [2.75, 3.05) is 17.8 Å². The number of rotatable bonds is 4. The van der Waals surface area contributed by atoms with Crippen LogP contribution in [0.15, 0.2) is 24.4 Å². The van der Waals surface area contributed by atoms with Gasteiger partial charge in [0.2, 0.25) is 0 Å². The summed E-state index contributed by atoms with van der Waals surface area (Å²) >= 11 is 1.63. The lowest BCUT2D eigenvalue weighted by atomic mass is 10.2. The van der Waals surface area contributed by atoms with E-state index in [4.69, 9.17) is 10.9 Å². The van der Waals surface area contributed by atoms with E-state index in [1.165, 1.54) is 9.67 Å². The number of anilines is 2. The Morgan fingerprint density at radius 1 is 1.42 bits per heavy atom. The molecule has 0 aliphatic heterocycles. The highest BCUT2D eigenvalue weighted by Gasteiger charge is 2.27. The Labute approximate surface area is 154 Å².